The van der Waals surface area contributed by atoms with E-state index in [2.05, 4.69) is 23.6 Å². The van der Waals surface area contributed by atoms with Gasteiger partial charge in [0.05, 0.1) is 0 Å². The maximum atomic E-state index is 6.39. The second-order valence-electron chi connectivity index (χ2n) is 7.43. The summed E-state index contributed by atoms with van der Waals surface area (Å²) in [5.74, 6) is 0.778. The largest absolute Gasteiger partial charge is 0.381 e. The molecule has 1 aliphatic carbocycles. The summed E-state index contributed by atoms with van der Waals surface area (Å²) in [5.41, 5.74) is 6.76. The van der Waals surface area contributed by atoms with Crippen molar-refractivity contribution in [1.29, 1.82) is 0 Å². The summed E-state index contributed by atoms with van der Waals surface area (Å²) < 4.78 is 5.56. The number of rotatable bonds is 3. The Bertz CT molecular complexity index is 320. The normalized spacial score (nSPS) is 35.4. The fourth-order valence-electron chi connectivity index (χ4n) is 4.54. The quantitative estimate of drug-likeness (QED) is 0.843. The summed E-state index contributed by atoms with van der Waals surface area (Å²) in [6, 6.07) is 1.13. The Morgan fingerprint density at radius 2 is 1.80 bits per heavy atom. The predicted octanol–water partition coefficient (Wildman–Crippen LogP) is 1.16. The number of nitrogens with two attached hydrogens (primary N) is 1. The van der Waals surface area contributed by atoms with Crippen molar-refractivity contribution >= 4 is 0 Å². The molecule has 0 bridgehead atoms. The molecule has 3 aliphatic rings. The van der Waals surface area contributed by atoms with Gasteiger partial charge in [-0.1, -0.05) is 13.8 Å². The van der Waals surface area contributed by atoms with Crippen molar-refractivity contribution in [2.24, 2.45) is 17.1 Å². The molecule has 4 heteroatoms. The Morgan fingerprint density at radius 1 is 1.15 bits per heavy atom. The molecule has 0 amide bonds. The van der Waals surface area contributed by atoms with Crippen LogP contribution in [0.3, 0.4) is 0 Å². The molecule has 3 rings (SSSR count). The number of hydrogen-bond donors (Lipinski definition) is 1. The first kappa shape index (κ1) is 14.8. The van der Waals surface area contributed by atoms with Gasteiger partial charge in [-0.05, 0) is 25.2 Å². The lowest BCUT2D eigenvalue weighted by molar-refractivity contribution is -0.121. The zero-order chi connectivity index (χ0) is 14.2. The molecular formula is C16H31N3O. The van der Waals surface area contributed by atoms with Crippen molar-refractivity contribution < 1.29 is 4.74 Å². The molecule has 3 fully saturated rings. The number of ether oxygens (including phenoxy) is 1. The molecule has 0 radical (unpaired) electrons. The Hall–Kier alpha value is -0.160. The van der Waals surface area contributed by atoms with Gasteiger partial charge >= 0.3 is 0 Å². The van der Waals surface area contributed by atoms with Crippen molar-refractivity contribution in [3.63, 3.8) is 0 Å². The van der Waals surface area contributed by atoms with Gasteiger partial charge < -0.3 is 15.4 Å². The molecule has 0 aromatic heterocycles. The van der Waals surface area contributed by atoms with E-state index in [9.17, 15) is 0 Å². The van der Waals surface area contributed by atoms with E-state index in [1.165, 1.54) is 52.0 Å². The van der Waals surface area contributed by atoms with Crippen LogP contribution in [0, 0.1) is 11.3 Å². The topological polar surface area (TPSA) is 41.7 Å². The highest BCUT2D eigenvalue weighted by molar-refractivity contribution is 5.11. The van der Waals surface area contributed by atoms with E-state index in [0.29, 0.717) is 11.5 Å². The maximum absolute atomic E-state index is 6.39. The van der Waals surface area contributed by atoms with Crippen LogP contribution in [0.4, 0.5) is 0 Å². The van der Waals surface area contributed by atoms with Gasteiger partial charge in [-0.25, -0.2) is 0 Å². The zero-order valence-electron chi connectivity index (χ0n) is 13.2. The molecule has 2 saturated heterocycles. The third kappa shape index (κ3) is 2.63. The fourth-order valence-corrected chi connectivity index (χ4v) is 4.54. The standard InChI is InChI=1S/C16H31N3O/c1-13(2)12-18-5-7-19(8-6-18)15-11-14(17)16(15)3-9-20-10-4-16/h13-15H,3-12,17H2,1-2H3. The summed E-state index contributed by atoms with van der Waals surface area (Å²) in [4.78, 5) is 5.35. The molecule has 1 saturated carbocycles. The van der Waals surface area contributed by atoms with Crippen LogP contribution in [0.25, 0.3) is 0 Å². The van der Waals surface area contributed by atoms with Gasteiger partial charge in [0.15, 0.2) is 0 Å². The average molecular weight is 281 g/mol. The van der Waals surface area contributed by atoms with Crippen LogP contribution in [0.5, 0.6) is 0 Å². The summed E-state index contributed by atoms with van der Waals surface area (Å²) in [7, 11) is 0. The van der Waals surface area contributed by atoms with Crippen LogP contribution in [-0.4, -0.2) is 67.8 Å². The van der Waals surface area contributed by atoms with Crippen LogP contribution >= 0.6 is 0 Å². The number of nitrogens with zero attached hydrogens (tertiary/aromatic N) is 2. The van der Waals surface area contributed by atoms with Crippen LogP contribution < -0.4 is 5.73 Å². The van der Waals surface area contributed by atoms with Crippen molar-refractivity contribution in [3.05, 3.63) is 0 Å². The molecule has 2 aliphatic heterocycles. The summed E-state index contributed by atoms with van der Waals surface area (Å²) >= 11 is 0. The van der Waals surface area contributed by atoms with Gasteiger partial charge in [0, 0.05) is 63.4 Å². The lowest BCUT2D eigenvalue weighted by Gasteiger charge is -2.61. The molecule has 1 spiro atoms. The summed E-state index contributed by atoms with van der Waals surface area (Å²) in [5, 5.41) is 0. The lowest BCUT2D eigenvalue weighted by Crippen LogP contribution is -2.70. The third-order valence-corrected chi connectivity index (χ3v) is 5.77. The molecule has 2 heterocycles. The van der Waals surface area contributed by atoms with Crippen molar-refractivity contribution in [2.75, 3.05) is 45.9 Å². The Balaban J connectivity index is 1.55. The van der Waals surface area contributed by atoms with E-state index >= 15 is 0 Å². The monoisotopic (exact) mass is 281 g/mol. The SMILES string of the molecule is CC(C)CN1CCN(C2CC(N)C23CCOCC3)CC1. The molecule has 2 N–H and O–H groups in total. The lowest BCUT2D eigenvalue weighted by atomic mass is 9.56. The number of hydrogen-bond acceptors (Lipinski definition) is 4. The molecule has 20 heavy (non-hydrogen) atoms. The number of piperazine rings is 1. The molecule has 0 aromatic rings. The molecule has 2 unspecified atom stereocenters. The fraction of sp³-hybridized carbons (Fsp3) is 1.00. The van der Waals surface area contributed by atoms with E-state index < -0.39 is 0 Å². The molecule has 0 aromatic carbocycles. The highest BCUT2D eigenvalue weighted by Crippen LogP contribution is 2.50. The van der Waals surface area contributed by atoms with Crippen LogP contribution in [0.15, 0.2) is 0 Å². The molecule has 4 nitrogen and oxygen atoms in total. The molecule has 2 atom stereocenters. The summed E-state index contributed by atoms with van der Waals surface area (Å²) in [6.07, 6.45) is 3.54. The highest BCUT2D eigenvalue weighted by Gasteiger charge is 2.55. The summed E-state index contributed by atoms with van der Waals surface area (Å²) in [6.45, 7) is 12.6. The third-order valence-electron chi connectivity index (χ3n) is 5.77. The highest BCUT2D eigenvalue weighted by atomic mass is 16.5. The van der Waals surface area contributed by atoms with Gasteiger partial charge in [-0.15, -0.1) is 0 Å². The Kier molecular flexibility index (Phi) is 4.37. The van der Waals surface area contributed by atoms with E-state index in [-0.39, 0.29) is 0 Å². The smallest absolute Gasteiger partial charge is 0.0472 e. The van der Waals surface area contributed by atoms with Gasteiger partial charge in [0.2, 0.25) is 0 Å². The minimum absolute atomic E-state index is 0.373. The first-order valence-corrected chi connectivity index (χ1v) is 8.41. The van der Waals surface area contributed by atoms with E-state index in [4.69, 9.17) is 10.5 Å². The van der Waals surface area contributed by atoms with Gasteiger partial charge in [-0.3, -0.25) is 4.90 Å². The van der Waals surface area contributed by atoms with Crippen LogP contribution in [0.1, 0.15) is 33.1 Å². The Morgan fingerprint density at radius 3 is 2.35 bits per heavy atom. The van der Waals surface area contributed by atoms with E-state index in [0.717, 1.165) is 25.2 Å². The zero-order valence-corrected chi connectivity index (χ0v) is 13.2. The second kappa shape index (κ2) is 5.91. The van der Waals surface area contributed by atoms with Crippen LogP contribution in [-0.2, 0) is 4.74 Å². The Labute approximate surface area is 123 Å². The van der Waals surface area contributed by atoms with E-state index in [1.807, 2.05) is 0 Å². The first-order valence-electron chi connectivity index (χ1n) is 8.41. The average Bonchev–Trinajstić information content (AvgIpc) is 2.46. The molecular weight excluding hydrogens is 250 g/mol. The second-order valence-corrected chi connectivity index (χ2v) is 7.43. The van der Waals surface area contributed by atoms with Crippen LogP contribution in [0.2, 0.25) is 0 Å². The van der Waals surface area contributed by atoms with Gasteiger partial charge in [-0.2, -0.15) is 0 Å². The predicted molar refractivity (Wildman–Crippen MR) is 81.7 cm³/mol. The molecule has 116 valence electrons. The van der Waals surface area contributed by atoms with Crippen molar-refractivity contribution in [3.8, 4) is 0 Å². The van der Waals surface area contributed by atoms with Crippen molar-refractivity contribution in [1.82, 2.24) is 9.80 Å². The minimum atomic E-state index is 0.373. The first-order chi connectivity index (χ1) is 9.62. The van der Waals surface area contributed by atoms with Crippen molar-refractivity contribution in [2.45, 2.75) is 45.2 Å². The van der Waals surface area contributed by atoms with Gasteiger partial charge in [0.1, 0.15) is 0 Å². The maximum Gasteiger partial charge on any atom is 0.0472 e. The van der Waals surface area contributed by atoms with E-state index in [1.54, 1.807) is 0 Å². The minimum Gasteiger partial charge on any atom is -0.381 e. The van der Waals surface area contributed by atoms with Gasteiger partial charge in [0.25, 0.3) is 0 Å².